The van der Waals surface area contributed by atoms with E-state index in [0.29, 0.717) is 0 Å². The minimum Gasteiger partial charge on any atom is -0.352 e. The number of aryl methyl sites for hydroxylation is 1. The van der Waals surface area contributed by atoms with Crippen LogP contribution >= 0.6 is 51.2 Å². The van der Waals surface area contributed by atoms with Gasteiger partial charge >= 0.3 is 0 Å². The maximum absolute atomic E-state index is 4.23. The van der Waals surface area contributed by atoms with Crippen LogP contribution in [0.3, 0.4) is 0 Å². The maximum Gasteiger partial charge on any atom is 0.191 e. The van der Waals surface area contributed by atoms with E-state index in [1.165, 1.54) is 15.3 Å². The molecule has 0 unspecified atom stereocenters. The Morgan fingerprint density at radius 3 is 2.57 bits per heavy atom. The van der Waals surface area contributed by atoms with Crippen molar-refractivity contribution in [1.29, 1.82) is 0 Å². The Hall–Kier alpha value is -0.600. The van der Waals surface area contributed by atoms with Gasteiger partial charge in [0, 0.05) is 27.8 Å². The van der Waals surface area contributed by atoms with Crippen molar-refractivity contribution in [3.63, 3.8) is 0 Å². The summed E-state index contributed by atoms with van der Waals surface area (Å²) < 4.78 is 1.09. The van der Waals surface area contributed by atoms with Gasteiger partial charge in [0.05, 0.1) is 6.54 Å². The topological polar surface area (TPSA) is 36.4 Å². The van der Waals surface area contributed by atoms with Gasteiger partial charge < -0.3 is 10.6 Å². The summed E-state index contributed by atoms with van der Waals surface area (Å²) in [5, 5.41) is 6.63. The van der Waals surface area contributed by atoms with Crippen molar-refractivity contribution in [1.82, 2.24) is 10.6 Å². The summed E-state index contributed by atoms with van der Waals surface area (Å²) >= 11 is 5.28. The number of nitrogens with one attached hydrogen (secondary N) is 2. The molecule has 0 saturated carbocycles. The zero-order valence-electron chi connectivity index (χ0n) is 12.0. The average molecular weight is 480 g/mol. The highest BCUT2D eigenvalue weighted by molar-refractivity contribution is 14.0. The molecule has 2 N–H and O–H groups in total. The van der Waals surface area contributed by atoms with Gasteiger partial charge in [-0.3, -0.25) is 4.99 Å². The summed E-state index contributed by atoms with van der Waals surface area (Å²) in [5.41, 5.74) is 1.22. The molecule has 0 spiro atoms. The first-order chi connectivity index (χ1) is 9.67. The van der Waals surface area contributed by atoms with Crippen LogP contribution in [0, 0.1) is 6.92 Å². The molecule has 0 fully saturated rings. The molecule has 1 heterocycles. The SMILES string of the molecule is CN=C(NCc1cccc(Br)c1)NCc1ccc(C)s1.I. The zero-order valence-corrected chi connectivity index (χ0v) is 16.8. The summed E-state index contributed by atoms with van der Waals surface area (Å²) in [5.74, 6) is 0.816. The smallest absolute Gasteiger partial charge is 0.191 e. The molecule has 2 aromatic rings. The fourth-order valence-corrected chi connectivity index (χ4v) is 3.08. The molecule has 114 valence electrons. The molecule has 3 nitrogen and oxygen atoms in total. The second-order valence-electron chi connectivity index (χ2n) is 4.42. The minimum atomic E-state index is 0. The third-order valence-corrected chi connectivity index (χ3v) is 4.29. The Bertz CT molecular complexity index is 598. The lowest BCUT2D eigenvalue weighted by atomic mass is 10.2. The Labute approximate surface area is 155 Å². The summed E-state index contributed by atoms with van der Waals surface area (Å²) in [6.07, 6.45) is 0. The average Bonchev–Trinajstić information content (AvgIpc) is 2.85. The van der Waals surface area contributed by atoms with Crippen LogP contribution in [0.2, 0.25) is 0 Å². The van der Waals surface area contributed by atoms with Gasteiger partial charge in [-0.05, 0) is 36.8 Å². The van der Waals surface area contributed by atoms with E-state index in [4.69, 9.17) is 0 Å². The van der Waals surface area contributed by atoms with Gasteiger partial charge in [0.25, 0.3) is 0 Å². The highest BCUT2D eigenvalue weighted by Gasteiger charge is 2.01. The summed E-state index contributed by atoms with van der Waals surface area (Å²) in [6.45, 7) is 3.67. The van der Waals surface area contributed by atoms with Crippen molar-refractivity contribution in [2.24, 2.45) is 4.99 Å². The lowest BCUT2D eigenvalue weighted by Crippen LogP contribution is -2.36. The molecule has 0 atom stereocenters. The monoisotopic (exact) mass is 479 g/mol. The standard InChI is InChI=1S/C15H18BrN3S.HI/c1-11-6-7-14(20-11)10-19-15(17-2)18-9-12-4-3-5-13(16)8-12;/h3-8H,9-10H2,1-2H3,(H2,17,18,19);1H. The van der Waals surface area contributed by atoms with Crippen LogP contribution in [0.4, 0.5) is 0 Å². The van der Waals surface area contributed by atoms with Crippen LogP contribution in [0.5, 0.6) is 0 Å². The van der Waals surface area contributed by atoms with Gasteiger partial charge in [-0.2, -0.15) is 0 Å². The van der Waals surface area contributed by atoms with Crippen molar-refractivity contribution in [3.05, 3.63) is 56.2 Å². The second kappa shape index (κ2) is 9.42. The number of hydrogen-bond acceptors (Lipinski definition) is 2. The van der Waals surface area contributed by atoms with Crippen LogP contribution < -0.4 is 10.6 Å². The lowest BCUT2D eigenvalue weighted by Gasteiger charge is -2.11. The summed E-state index contributed by atoms with van der Waals surface area (Å²) in [7, 11) is 1.79. The van der Waals surface area contributed by atoms with E-state index in [9.17, 15) is 0 Å². The number of rotatable bonds is 4. The van der Waals surface area contributed by atoms with E-state index in [2.05, 4.69) is 62.7 Å². The Balaban J connectivity index is 0.00000220. The number of benzene rings is 1. The molecule has 0 bridgehead atoms. The van der Waals surface area contributed by atoms with Crippen LogP contribution in [-0.4, -0.2) is 13.0 Å². The molecule has 1 aromatic heterocycles. The van der Waals surface area contributed by atoms with Gasteiger partial charge in [0.1, 0.15) is 0 Å². The minimum absolute atomic E-state index is 0. The molecule has 0 aliphatic carbocycles. The summed E-state index contributed by atoms with van der Waals surface area (Å²) in [6, 6.07) is 12.5. The molecule has 6 heteroatoms. The molecular weight excluding hydrogens is 461 g/mol. The Morgan fingerprint density at radius 1 is 1.19 bits per heavy atom. The van der Waals surface area contributed by atoms with Crippen LogP contribution in [0.25, 0.3) is 0 Å². The van der Waals surface area contributed by atoms with Crippen molar-refractivity contribution in [2.45, 2.75) is 20.0 Å². The van der Waals surface area contributed by atoms with Crippen molar-refractivity contribution in [2.75, 3.05) is 7.05 Å². The maximum atomic E-state index is 4.23. The molecule has 1 aromatic carbocycles. The van der Waals surface area contributed by atoms with Crippen LogP contribution in [0.15, 0.2) is 45.9 Å². The van der Waals surface area contributed by atoms with E-state index < -0.39 is 0 Å². The van der Waals surface area contributed by atoms with E-state index in [1.54, 1.807) is 18.4 Å². The van der Waals surface area contributed by atoms with Gasteiger partial charge in [-0.15, -0.1) is 35.3 Å². The van der Waals surface area contributed by atoms with Gasteiger partial charge in [0.2, 0.25) is 0 Å². The van der Waals surface area contributed by atoms with Crippen molar-refractivity contribution < 1.29 is 0 Å². The first-order valence-electron chi connectivity index (χ1n) is 6.41. The molecule has 0 amide bonds. The third kappa shape index (κ3) is 6.36. The van der Waals surface area contributed by atoms with E-state index in [0.717, 1.165) is 23.5 Å². The van der Waals surface area contributed by atoms with E-state index in [-0.39, 0.29) is 24.0 Å². The van der Waals surface area contributed by atoms with E-state index in [1.807, 2.05) is 12.1 Å². The number of halogens is 2. The molecule has 0 aliphatic heterocycles. The molecule has 0 radical (unpaired) electrons. The van der Waals surface area contributed by atoms with E-state index >= 15 is 0 Å². The van der Waals surface area contributed by atoms with Crippen LogP contribution in [0.1, 0.15) is 15.3 Å². The van der Waals surface area contributed by atoms with Gasteiger partial charge in [-0.1, -0.05) is 28.1 Å². The second-order valence-corrected chi connectivity index (χ2v) is 6.71. The fourth-order valence-electron chi connectivity index (χ4n) is 1.80. The quantitative estimate of drug-likeness (QED) is 0.389. The van der Waals surface area contributed by atoms with Crippen molar-refractivity contribution in [3.8, 4) is 0 Å². The molecule has 21 heavy (non-hydrogen) atoms. The van der Waals surface area contributed by atoms with Crippen molar-refractivity contribution >= 4 is 57.2 Å². The first kappa shape index (κ1) is 18.4. The molecule has 0 saturated heterocycles. The molecule has 0 aliphatic rings. The highest BCUT2D eigenvalue weighted by Crippen LogP contribution is 2.14. The van der Waals surface area contributed by atoms with Gasteiger partial charge in [0.15, 0.2) is 5.96 Å². The number of hydrogen-bond donors (Lipinski definition) is 2. The lowest BCUT2D eigenvalue weighted by molar-refractivity contribution is 0.815. The molecule has 2 rings (SSSR count). The number of nitrogens with zero attached hydrogens (tertiary/aromatic N) is 1. The molecular formula is C15H19BrIN3S. The predicted molar refractivity (Wildman–Crippen MR) is 106 cm³/mol. The zero-order chi connectivity index (χ0) is 14.4. The highest BCUT2D eigenvalue weighted by atomic mass is 127. The fraction of sp³-hybridized carbons (Fsp3) is 0.267. The number of thiophene rings is 1. The summed E-state index contributed by atoms with van der Waals surface area (Å²) in [4.78, 5) is 6.88. The van der Waals surface area contributed by atoms with Crippen LogP contribution in [-0.2, 0) is 13.1 Å². The number of aliphatic imine (C=N–C) groups is 1. The predicted octanol–water partition coefficient (Wildman–Crippen LogP) is 4.30. The Morgan fingerprint density at radius 2 is 1.95 bits per heavy atom. The third-order valence-electron chi connectivity index (χ3n) is 2.80. The Kier molecular flexibility index (Phi) is 8.28. The normalized spacial score (nSPS) is 10.9. The van der Waals surface area contributed by atoms with Gasteiger partial charge in [-0.25, -0.2) is 0 Å². The number of guanidine groups is 1. The first-order valence-corrected chi connectivity index (χ1v) is 8.02. The largest absolute Gasteiger partial charge is 0.352 e.